The molecule has 0 radical (unpaired) electrons. The van der Waals surface area contributed by atoms with Crippen LogP contribution in [0.5, 0.6) is 5.75 Å². The fourth-order valence-corrected chi connectivity index (χ4v) is 3.35. The number of benzene rings is 2. The van der Waals surface area contributed by atoms with Gasteiger partial charge in [-0.15, -0.1) is 0 Å². The standard InChI is InChI=1S/C20H24N4O6S/c1-2-19(26)30-24-31(27,28)17-7-4-3-6-16(17)23-18(25)8-5-13-29-15-11-9-14(10-12-15)20(21)22/h3-4,6-7,9-12,24H,2,5,8,13H2,1H3,(H3,21,22)(H,23,25). The largest absolute Gasteiger partial charge is 0.494 e. The predicted octanol–water partition coefficient (Wildman–Crippen LogP) is 1.91. The fourth-order valence-electron chi connectivity index (χ4n) is 2.39. The van der Waals surface area contributed by atoms with Gasteiger partial charge in [-0.2, -0.15) is 0 Å². The number of hydrogen-bond acceptors (Lipinski definition) is 7. The number of nitrogens with two attached hydrogens (primary N) is 1. The van der Waals surface area contributed by atoms with Gasteiger partial charge in [-0.3, -0.25) is 15.0 Å². The predicted molar refractivity (Wildman–Crippen MR) is 114 cm³/mol. The number of nitrogen functional groups attached to an aromatic ring is 1. The zero-order valence-corrected chi connectivity index (χ0v) is 17.7. The molecule has 10 nitrogen and oxygen atoms in total. The first kappa shape index (κ1) is 23.8. The molecule has 0 aliphatic carbocycles. The number of para-hydroxylation sites is 1. The molecule has 5 N–H and O–H groups in total. The summed E-state index contributed by atoms with van der Waals surface area (Å²) in [5.41, 5.74) is 6.04. The number of rotatable bonds is 11. The van der Waals surface area contributed by atoms with Crippen LogP contribution in [0.1, 0.15) is 31.7 Å². The number of sulfonamides is 1. The minimum absolute atomic E-state index is 0.00382. The highest BCUT2D eigenvalue weighted by Crippen LogP contribution is 2.21. The Bertz CT molecular complexity index is 1040. The maximum Gasteiger partial charge on any atom is 0.325 e. The summed E-state index contributed by atoms with van der Waals surface area (Å²) in [6.45, 7) is 1.79. The molecule has 0 spiro atoms. The molecule has 2 aromatic carbocycles. The van der Waals surface area contributed by atoms with Crippen molar-refractivity contribution >= 4 is 33.4 Å². The highest BCUT2D eigenvalue weighted by atomic mass is 32.2. The Hall–Kier alpha value is -3.44. The van der Waals surface area contributed by atoms with Crippen molar-refractivity contribution in [1.29, 1.82) is 5.41 Å². The Kier molecular flexibility index (Phi) is 8.53. The van der Waals surface area contributed by atoms with Gasteiger partial charge in [-0.05, 0) is 47.7 Å². The van der Waals surface area contributed by atoms with Gasteiger partial charge in [0.1, 0.15) is 16.5 Å². The lowest BCUT2D eigenvalue weighted by Crippen LogP contribution is -2.28. The number of nitrogens with one attached hydrogen (secondary N) is 3. The molecule has 1 amide bonds. The van der Waals surface area contributed by atoms with Crippen molar-refractivity contribution in [2.45, 2.75) is 31.1 Å². The van der Waals surface area contributed by atoms with Crippen LogP contribution in [0.25, 0.3) is 0 Å². The van der Waals surface area contributed by atoms with E-state index in [1.165, 1.54) is 25.1 Å². The summed E-state index contributed by atoms with van der Waals surface area (Å²) in [6.07, 6.45) is 0.490. The molecular formula is C20H24N4O6S. The fraction of sp³-hybridized carbons (Fsp3) is 0.250. The molecule has 0 unspecified atom stereocenters. The first-order valence-electron chi connectivity index (χ1n) is 9.40. The molecule has 0 aromatic heterocycles. The second-order valence-corrected chi connectivity index (χ2v) is 7.96. The summed E-state index contributed by atoms with van der Waals surface area (Å²) in [4.78, 5) is 29.4. The molecule has 0 saturated heterocycles. The Morgan fingerprint density at radius 1 is 1.10 bits per heavy atom. The first-order valence-corrected chi connectivity index (χ1v) is 10.9. The molecule has 2 rings (SSSR count). The van der Waals surface area contributed by atoms with Crippen LogP contribution in [-0.4, -0.2) is 32.7 Å². The maximum atomic E-state index is 12.4. The average Bonchev–Trinajstić information content (AvgIpc) is 2.75. The summed E-state index contributed by atoms with van der Waals surface area (Å²) >= 11 is 0. The van der Waals surface area contributed by atoms with Gasteiger partial charge in [-0.25, -0.2) is 8.42 Å². The molecule has 11 heteroatoms. The van der Waals surface area contributed by atoms with Crippen LogP contribution in [0.15, 0.2) is 53.4 Å². The van der Waals surface area contributed by atoms with E-state index in [-0.39, 0.29) is 35.9 Å². The molecule has 0 atom stereocenters. The number of carbonyl (C=O) groups is 2. The van der Waals surface area contributed by atoms with Crippen LogP contribution in [0.3, 0.4) is 0 Å². The first-order chi connectivity index (χ1) is 14.7. The van der Waals surface area contributed by atoms with Gasteiger partial charge in [0.05, 0.1) is 12.3 Å². The van der Waals surface area contributed by atoms with Crippen LogP contribution in [0, 0.1) is 5.41 Å². The molecule has 0 heterocycles. The van der Waals surface area contributed by atoms with E-state index in [9.17, 15) is 18.0 Å². The monoisotopic (exact) mass is 448 g/mol. The maximum absolute atomic E-state index is 12.4. The highest BCUT2D eigenvalue weighted by Gasteiger charge is 2.21. The van der Waals surface area contributed by atoms with Gasteiger partial charge in [0.15, 0.2) is 0 Å². The molecule has 0 aliphatic heterocycles. The van der Waals surface area contributed by atoms with Gasteiger partial charge in [0.25, 0.3) is 10.0 Å². The van der Waals surface area contributed by atoms with Crippen molar-refractivity contribution in [3.05, 3.63) is 54.1 Å². The van der Waals surface area contributed by atoms with Crippen molar-refractivity contribution < 1.29 is 27.6 Å². The Morgan fingerprint density at radius 3 is 2.42 bits per heavy atom. The molecule has 31 heavy (non-hydrogen) atoms. The molecule has 2 aromatic rings. The van der Waals surface area contributed by atoms with Gasteiger partial charge in [0, 0.05) is 18.4 Å². The van der Waals surface area contributed by atoms with Crippen LogP contribution in [0.2, 0.25) is 0 Å². The summed E-state index contributed by atoms with van der Waals surface area (Å²) in [7, 11) is -4.17. The van der Waals surface area contributed by atoms with E-state index in [0.29, 0.717) is 17.7 Å². The molecule has 0 fully saturated rings. The summed E-state index contributed by atoms with van der Waals surface area (Å²) < 4.78 is 30.3. The third kappa shape index (κ3) is 7.39. The third-order valence-corrected chi connectivity index (χ3v) is 5.22. The summed E-state index contributed by atoms with van der Waals surface area (Å²) in [6, 6.07) is 12.4. The quantitative estimate of drug-likeness (QED) is 0.177. The van der Waals surface area contributed by atoms with Crippen molar-refractivity contribution in [2.24, 2.45) is 5.73 Å². The number of carbonyl (C=O) groups excluding carboxylic acids is 2. The minimum atomic E-state index is -4.17. The normalized spacial score (nSPS) is 10.9. The lowest BCUT2D eigenvalue weighted by atomic mass is 10.2. The van der Waals surface area contributed by atoms with Crippen LogP contribution in [-0.2, 0) is 24.4 Å². The second kappa shape index (κ2) is 11.1. The van der Waals surface area contributed by atoms with E-state index in [1.807, 2.05) is 0 Å². The zero-order chi connectivity index (χ0) is 22.9. The number of hydrogen-bond donors (Lipinski definition) is 4. The number of amides is 1. The molecule has 0 aliphatic rings. The van der Waals surface area contributed by atoms with Gasteiger partial charge in [-0.1, -0.05) is 19.1 Å². The van der Waals surface area contributed by atoms with Gasteiger partial charge < -0.3 is 20.6 Å². The minimum Gasteiger partial charge on any atom is -0.494 e. The van der Waals surface area contributed by atoms with Crippen LogP contribution < -0.4 is 20.7 Å². The van der Waals surface area contributed by atoms with E-state index in [4.69, 9.17) is 15.9 Å². The summed E-state index contributed by atoms with van der Waals surface area (Å²) in [5.74, 6) is -0.594. The number of amidine groups is 1. The van der Waals surface area contributed by atoms with Crippen LogP contribution >= 0.6 is 0 Å². The third-order valence-electron chi connectivity index (χ3n) is 3.99. The van der Waals surface area contributed by atoms with Crippen molar-refractivity contribution in [1.82, 2.24) is 4.89 Å². The second-order valence-electron chi connectivity index (χ2n) is 6.35. The number of anilines is 1. The van der Waals surface area contributed by atoms with Crippen LogP contribution in [0.4, 0.5) is 5.69 Å². The molecule has 0 bridgehead atoms. The van der Waals surface area contributed by atoms with E-state index in [1.54, 1.807) is 35.2 Å². The zero-order valence-electron chi connectivity index (χ0n) is 16.9. The van der Waals surface area contributed by atoms with Crippen molar-refractivity contribution in [2.75, 3.05) is 11.9 Å². The van der Waals surface area contributed by atoms with Gasteiger partial charge in [0.2, 0.25) is 5.91 Å². The van der Waals surface area contributed by atoms with E-state index < -0.39 is 21.9 Å². The van der Waals surface area contributed by atoms with Crippen molar-refractivity contribution in [3.8, 4) is 5.75 Å². The molecule has 0 saturated carbocycles. The Morgan fingerprint density at radius 2 is 1.77 bits per heavy atom. The SMILES string of the molecule is CCC(=O)ONS(=O)(=O)c1ccccc1NC(=O)CCCOc1ccc(C(=N)N)cc1. The topological polar surface area (TPSA) is 161 Å². The summed E-state index contributed by atoms with van der Waals surface area (Å²) in [5, 5.41) is 9.89. The lowest BCUT2D eigenvalue weighted by molar-refractivity contribution is -0.146. The number of ether oxygens (including phenoxy) is 1. The van der Waals surface area contributed by atoms with Gasteiger partial charge >= 0.3 is 5.97 Å². The Labute approximate surface area is 180 Å². The van der Waals surface area contributed by atoms with E-state index in [0.717, 1.165) is 0 Å². The molecular weight excluding hydrogens is 424 g/mol. The lowest BCUT2D eigenvalue weighted by Gasteiger charge is -2.12. The Balaban J connectivity index is 1.88. The van der Waals surface area contributed by atoms with Crippen molar-refractivity contribution in [3.63, 3.8) is 0 Å². The smallest absolute Gasteiger partial charge is 0.325 e. The van der Waals surface area contributed by atoms with E-state index in [2.05, 4.69) is 10.2 Å². The average molecular weight is 449 g/mol. The highest BCUT2D eigenvalue weighted by molar-refractivity contribution is 7.89. The molecule has 166 valence electrons. The van der Waals surface area contributed by atoms with E-state index >= 15 is 0 Å².